The van der Waals surface area contributed by atoms with Crippen molar-refractivity contribution in [2.24, 2.45) is 0 Å². The van der Waals surface area contributed by atoms with Crippen LogP contribution in [0.4, 0.5) is 23.7 Å². The van der Waals surface area contributed by atoms with Crippen molar-refractivity contribution in [2.75, 3.05) is 25.0 Å². The van der Waals surface area contributed by atoms with Crippen LogP contribution >= 0.6 is 11.6 Å². The number of hydrogen-bond acceptors (Lipinski definition) is 5. The summed E-state index contributed by atoms with van der Waals surface area (Å²) in [4.78, 5) is 15.7. The van der Waals surface area contributed by atoms with Crippen LogP contribution in [0.1, 0.15) is 18.4 Å². The topological polar surface area (TPSA) is 62.2 Å². The zero-order valence-corrected chi connectivity index (χ0v) is 17.5. The molecule has 1 amide bonds. The van der Waals surface area contributed by atoms with Crippen LogP contribution in [0.3, 0.4) is 0 Å². The van der Waals surface area contributed by atoms with Crippen LogP contribution in [-0.2, 0) is 11.3 Å². The molecule has 1 saturated heterocycles. The van der Waals surface area contributed by atoms with Crippen molar-refractivity contribution in [3.05, 3.63) is 59.1 Å². The minimum absolute atomic E-state index is 0.218. The number of likely N-dealkylation sites (tertiary alicyclic amines) is 1. The van der Waals surface area contributed by atoms with E-state index in [1.165, 1.54) is 19.2 Å². The molecule has 2 aromatic rings. The summed E-state index contributed by atoms with van der Waals surface area (Å²) < 4.78 is 45.9. The number of benzene rings is 2. The lowest BCUT2D eigenvalue weighted by molar-refractivity contribution is -0.274. The molecular weight excluding hydrogens is 437 g/mol. The van der Waals surface area contributed by atoms with Crippen molar-refractivity contribution in [1.29, 1.82) is 0 Å². The lowest BCUT2D eigenvalue weighted by Crippen LogP contribution is -2.48. The molecule has 6 nitrogen and oxygen atoms in total. The second-order valence-electron chi connectivity index (χ2n) is 7.28. The third-order valence-corrected chi connectivity index (χ3v) is 5.37. The van der Waals surface area contributed by atoms with Crippen LogP contribution in [0, 0.1) is 0 Å². The first kappa shape index (κ1) is 23.2. The number of halogens is 4. The number of rotatable bonds is 5. The monoisotopic (exact) mass is 458 g/mol. The van der Waals surface area contributed by atoms with Gasteiger partial charge in [-0.25, -0.2) is 4.79 Å². The Morgan fingerprint density at radius 2 is 1.77 bits per heavy atom. The first-order valence-corrected chi connectivity index (χ1v) is 9.93. The van der Waals surface area contributed by atoms with Gasteiger partial charge in [0.1, 0.15) is 5.75 Å². The smallest absolute Gasteiger partial charge is 0.417 e. The molecule has 0 aliphatic carbocycles. The molecule has 1 aliphatic rings. The largest absolute Gasteiger partial charge is 0.573 e. The Kier molecular flexibility index (Phi) is 6.98. The fraction of sp³-hybridized carbons (Fsp3) is 0.381. The molecule has 1 heterocycles. The van der Waals surface area contributed by atoms with Crippen LogP contribution in [0.25, 0.3) is 0 Å². The van der Waals surface area contributed by atoms with Gasteiger partial charge in [0.05, 0.1) is 0 Å². The van der Waals surface area contributed by atoms with E-state index < -0.39 is 24.0 Å². The first-order valence-electron chi connectivity index (χ1n) is 9.55. The number of amides is 1. The van der Waals surface area contributed by atoms with Gasteiger partial charge in [-0.3, -0.25) is 9.80 Å². The summed E-state index contributed by atoms with van der Waals surface area (Å²) in [7, 11) is 1.40. The summed E-state index contributed by atoms with van der Waals surface area (Å²) in [6.07, 6.45) is -5.17. The third-order valence-electron chi connectivity index (χ3n) is 5.00. The molecular formula is C21H22ClF3N2O4. The summed E-state index contributed by atoms with van der Waals surface area (Å²) in [6, 6.07) is 12.3. The molecule has 0 atom stereocenters. The molecule has 2 aromatic carbocycles. The molecule has 1 fully saturated rings. The van der Waals surface area contributed by atoms with Crippen LogP contribution in [-0.4, -0.2) is 48.4 Å². The van der Waals surface area contributed by atoms with Crippen molar-refractivity contribution in [2.45, 2.75) is 31.5 Å². The Labute approximate surface area is 182 Å². The van der Waals surface area contributed by atoms with Gasteiger partial charge < -0.3 is 14.6 Å². The van der Waals surface area contributed by atoms with Crippen molar-refractivity contribution in [1.82, 2.24) is 4.90 Å². The van der Waals surface area contributed by atoms with Crippen LogP contribution < -0.4 is 9.64 Å². The Hall–Kier alpha value is -2.49. The van der Waals surface area contributed by atoms with Gasteiger partial charge in [-0.1, -0.05) is 29.8 Å². The number of aliphatic hydroxyl groups is 1. The predicted molar refractivity (Wildman–Crippen MR) is 109 cm³/mol. The van der Waals surface area contributed by atoms with Gasteiger partial charge in [0, 0.05) is 50.2 Å². The van der Waals surface area contributed by atoms with Crippen molar-refractivity contribution in [3.63, 3.8) is 0 Å². The maximum Gasteiger partial charge on any atom is 0.573 e. The highest BCUT2D eigenvalue weighted by atomic mass is 35.5. The van der Waals surface area contributed by atoms with Crippen molar-refractivity contribution >= 4 is 23.4 Å². The molecule has 0 radical (unpaired) electrons. The molecule has 1 aliphatic heterocycles. The highest BCUT2D eigenvalue weighted by molar-refractivity contribution is 6.31. The van der Waals surface area contributed by atoms with E-state index in [1.807, 2.05) is 24.3 Å². The maximum atomic E-state index is 12.4. The lowest BCUT2D eigenvalue weighted by atomic mass is 10.0. The van der Waals surface area contributed by atoms with E-state index in [4.69, 9.17) is 16.3 Å². The molecule has 10 heteroatoms. The van der Waals surface area contributed by atoms with Crippen LogP contribution in [0.2, 0.25) is 5.02 Å². The molecule has 1 N–H and O–H groups in total. The minimum Gasteiger partial charge on any atom is -0.417 e. The number of alkyl halides is 3. The van der Waals surface area contributed by atoms with Gasteiger partial charge in [0.2, 0.25) is 5.79 Å². The molecule has 0 unspecified atom stereocenters. The number of carbonyl (C=O) groups is 1. The average molecular weight is 459 g/mol. The standard InChI is InChI=1S/C21H22ClF3N2O4/c1-26(16-6-8-17(9-7-16)30-21(23,24)25)19(28)31-20(29)10-12-27(13-11-20)14-15-4-2-3-5-18(15)22/h2-9,29H,10-14H2,1H3. The van der Waals surface area contributed by atoms with E-state index in [-0.39, 0.29) is 12.8 Å². The number of hydrogen-bond donors (Lipinski definition) is 1. The van der Waals surface area contributed by atoms with E-state index in [1.54, 1.807) is 0 Å². The zero-order chi connectivity index (χ0) is 22.6. The van der Waals surface area contributed by atoms with Crippen LogP contribution in [0.15, 0.2) is 48.5 Å². The number of nitrogens with zero attached hydrogens (tertiary/aromatic N) is 2. The second-order valence-corrected chi connectivity index (χ2v) is 7.69. The Bertz CT molecular complexity index is 900. The number of ether oxygens (including phenoxy) is 2. The second kappa shape index (κ2) is 9.33. The number of anilines is 1. The summed E-state index contributed by atoms with van der Waals surface area (Å²) in [5.41, 5.74) is 1.27. The SMILES string of the molecule is CN(C(=O)OC1(O)CCN(Cc2ccccc2Cl)CC1)c1ccc(OC(F)(F)F)cc1. The summed E-state index contributed by atoms with van der Waals surface area (Å²) >= 11 is 6.19. The Morgan fingerprint density at radius 1 is 1.16 bits per heavy atom. The molecule has 0 saturated carbocycles. The number of piperidine rings is 1. The highest BCUT2D eigenvalue weighted by Gasteiger charge is 2.37. The third kappa shape index (κ3) is 6.49. The molecule has 168 valence electrons. The zero-order valence-electron chi connectivity index (χ0n) is 16.7. The van der Waals surface area contributed by atoms with E-state index in [0.717, 1.165) is 22.6 Å². The van der Waals surface area contributed by atoms with Crippen LogP contribution in [0.5, 0.6) is 5.75 Å². The maximum absolute atomic E-state index is 12.4. The summed E-state index contributed by atoms with van der Waals surface area (Å²) in [5, 5.41) is 11.3. The predicted octanol–water partition coefficient (Wildman–Crippen LogP) is 4.80. The molecule has 31 heavy (non-hydrogen) atoms. The van der Waals surface area contributed by atoms with E-state index >= 15 is 0 Å². The van der Waals surface area contributed by atoms with Gasteiger partial charge in [-0.05, 0) is 35.9 Å². The highest BCUT2D eigenvalue weighted by Crippen LogP contribution is 2.29. The number of carbonyl (C=O) groups excluding carboxylic acids is 1. The van der Waals surface area contributed by atoms with Crippen molar-refractivity contribution in [3.8, 4) is 5.75 Å². The Balaban J connectivity index is 1.53. The molecule has 3 rings (SSSR count). The fourth-order valence-electron chi connectivity index (χ4n) is 3.24. The fourth-order valence-corrected chi connectivity index (χ4v) is 3.43. The molecule has 0 aromatic heterocycles. The summed E-state index contributed by atoms with van der Waals surface area (Å²) in [6.45, 7) is 1.63. The average Bonchev–Trinajstić information content (AvgIpc) is 2.70. The normalized spacial score (nSPS) is 16.6. The van der Waals surface area contributed by atoms with Gasteiger partial charge in [0.25, 0.3) is 0 Å². The van der Waals surface area contributed by atoms with Gasteiger partial charge in [-0.2, -0.15) is 0 Å². The molecule has 0 spiro atoms. The lowest BCUT2D eigenvalue weighted by Gasteiger charge is -2.38. The van der Waals surface area contributed by atoms with Gasteiger partial charge >= 0.3 is 12.5 Å². The summed E-state index contributed by atoms with van der Waals surface area (Å²) in [5.74, 6) is -2.02. The first-order chi connectivity index (χ1) is 14.5. The van der Waals surface area contributed by atoms with Gasteiger partial charge in [0.15, 0.2) is 0 Å². The van der Waals surface area contributed by atoms with E-state index in [2.05, 4.69) is 9.64 Å². The van der Waals surface area contributed by atoms with E-state index in [0.29, 0.717) is 30.3 Å². The molecule has 0 bridgehead atoms. The van der Waals surface area contributed by atoms with Gasteiger partial charge in [-0.15, -0.1) is 13.2 Å². The van der Waals surface area contributed by atoms with Crippen molar-refractivity contribution < 1.29 is 32.5 Å². The quantitative estimate of drug-likeness (QED) is 0.652. The Morgan fingerprint density at radius 3 is 2.35 bits per heavy atom. The van der Waals surface area contributed by atoms with E-state index in [9.17, 15) is 23.1 Å². The minimum atomic E-state index is -4.80.